The molecule has 0 radical (unpaired) electrons. The fourth-order valence-corrected chi connectivity index (χ4v) is 2.55. The fourth-order valence-electron chi connectivity index (χ4n) is 2.55. The minimum Gasteiger partial charge on any atom is -0.166 e. The Morgan fingerprint density at radius 2 is 1.42 bits per heavy atom. The van der Waals surface area contributed by atoms with Gasteiger partial charge in [-0.1, -0.05) is 54.6 Å². The van der Waals surface area contributed by atoms with Gasteiger partial charge in [0.25, 0.3) is 0 Å². The molecule has 3 heteroatoms. The van der Waals surface area contributed by atoms with E-state index in [1.54, 1.807) is 12.1 Å². The van der Waals surface area contributed by atoms with Crippen LogP contribution in [0.4, 0.5) is 13.2 Å². The van der Waals surface area contributed by atoms with Crippen molar-refractivity contribution >= 4 is 6.08 Å². The monoisotopic (exact) mass is 260 g/mol. The van der Waals surface area contributed by atoms with E-state index in [9.17, 15) is 13.2 Å². The lowest BCUT2D eigenvalue weighted by Gasteiger charge is -2.17. The third kappa shape index (κ3) is 2.05. The number of alkyl halides is 3. The molecule has 0 spiro atoms. The van der Waals surface area contributed by atoms with Crippen LogP contribution in [0.2, 0.25) is 0 Å². The maximum atomic E-state index is 13.1. The summed E-state index contributed by atoms with van der Waals surface area (Å²) in [6.45, 7) is 0. The summed E-state index contributed by atoms with van der Waals surface area (Å²) in [5.74, 6) is -0.311. The van der Waals surface area contributed by atoms with E-state index in [-0.39, 0.29) is 5.92 Å². The predicted molar refractivity (Wildman–Crippen MR) is 68.8 cm³/mol. The molecule has 0 saturated carbocycles. The van der Waals surface area contributed by atoms with Crippen molar-refractivity contribution in [3.63, 3.8) is 0 Å². The Labute approximate surface area is 109 Å². The molecule has 1 aliphatic rings. The van der Waals surface area contributed by atoms with Gasteiger partial charge in [-0.3, -0.25) is 0 Å². The van der Waals surface area contributed by atoms with Gasteiger partial charge in [0.1, 0.15) is 0 Å². The van der Waals surface area contributed by atoms with E-state index in [0.717, 1.165) is 17.2 Å². The number of hydrogen-bond donors (Lipinski definition) is 0. The summed E-state index contributed by atoms with van der Waals surface area (Å²) in [5.41, 5.74) is 1.68. The maximum Gasteiger partial charge on any atom is 0.416 e. The third-order valence-corrected chi connectivity index (χ3v) is 3.40. The Bertz CT molecular complexity index is 638. The molecule has 1 aliphatic carbocycles. The smallest absolute Gasteiger partial charge is 0.166 e. The molecule has 1 atom stereocenters. The molecule has 0 aliphatic heterocycles. The summed E-state index contributed by atoms with van der Waals surface area (Å²) >= 11 is 0. The second-order valence-corrected chi connectivity index (χ2v) is 4.55. The fraction of sp³-hybridized carbons (Fsp3) is 0.125. The van der Waals surface area contributed by atoms with E-state index in [1.807, 2.05) is 36.4 Å². The summed E-state index contributed by atoms with van der Waals surface area (Å²) < 4.78 is 39.2. The predicted octanol–water partition coefficient (Wildman–Crippen LogP) is 4.86. The highest BCUT2D eigenvalue weighted by molar-refractivity contribution is 5.65. The molecule has 19 heavy (non-hydrogen) atoms. The zero-order chi connectivity index (χ0) is 13.5. The molecule has 2 aromatic rings. The molecule has 0 fully saturated rings. The van der Waals surface area contributed by atoms with E-state index in [1.165, 1.54) is 6.07 Å². The lowest BCUT2D eigenvalue weighted by Crippen LogP contribution is -2.11. The number of fused-ring (bicyclic) bond motifs is 1. The van der Waals surface area contributed by atoms with Crippen LogP contribution < -0.4 is 0 Å². The van der Waals surface area contributed by atoms with Gasteiger partial charge in [-0.2, -0.15) is 13.2 Å². The Balaban J connectivity index is 2.13. The van der Waals surface area contributed by atoms with Crippen molar-refractivity contribution in [1.29, 1.82) is 0 Å². The topological polar surface area (TPSA) is 0 Å². The van der Waals surface area contributed by atoms with Crippen LogP contribution >= 0.6 is 0 Å². The summed E-state index contributed by atoms with van der Waals surface area (Å²) in [7, 11) is 0. The summed E-state index contributed by atoms with van der Waals surface area (Å²) in [6.07, 6.45) is -0.607. The summed E-state index contributed by atoms with van der Waals surface area (Å²) in [4.78, 5) is 0. The first-order chi connectivity index (χ1) is 9.07. The van der Waals surface area contributed by atoms with Crippen molar-refractivity contribution in [3.8, 4) is 0 Å². The van der Waals surface area contributed by atoms with Gasteiger partial charge in [0.15, 0.2) is 0 Å². The van der Waals surface area contributed by atoms with E-state index < -0.39 is 11.7 Å². The van der Waals surface area contributed by atoms with Crippen LogP contribution in [0.5, 0.6) is 0 Å². The van der Waals surface area contributed by atoms with E-state index in [0.29, 0.717) is 5.56 Å². The Kier molecular flexibility index (Phi) is 2.70. The Morgan fingerprint density at radius 3 is 2.16 bits per heavy atom. The highest BCUT2D eigenvalue weighted by Gasteiger charge is 2.35. The second-order valence-electron chi connectivity index (χ2n) is 4.55. The van der Waals surface area contributed by atoms with Crippen molar-refractivity contribution in [2.75, 3.05) is 0 Å². The van der Waals surface area contributed by atoms with Gasteiger partial charge in [0, 0.05) is 5.92 Å². The molecule has 2 aromatic carbocycles. The van der Waals surface area contributed by atoms with Crippen LogP contribution in [0, 0.1) is 0 Å². The minimum absolute atomic E-state index is 0.311. The van der Waals surface area contributed by atoms with E-state index in [2.05, 4.69) is 0 Å². The standard InChI is InChI=1S/C16H11F3/c17-16(18,19)15-8-4-3-7-14(15)13-10-9-11-5-1-2-6-12(11)13/h1-10,13H. The molecule has 0 N–H and O–H groups in total. The molecular weight excluding hydrogens is 249 g/mol. The number of rotatable bonds is 1. The molecule has 0 nitrogen and oxygen atoms in total. The zero-order valence-electron chi connectivity index (χ0n) is 9.98. The SMILES string of the molecule is FC(F)(F)c1ccccc1C1C=Cc2ccccc21. The Morgan fingerprint density at radius 1 is 0.789 bits per heavy atom. The van der Waals surface area contributed by atoms with Crippen LogP contribution in [0.1, 0.15) is 28.2 Å². The number of halogens is 3. The van der Waals surface area contributed by atoms with Gasteiger partial charge >= 0.3 is 6.18 Å². The first-order valence-corrected chi connectivity index (χ1v) is 6.00. The van der Waals surface area contributed by atoms with Gasteiger partial charge in [-0.25, -0.2) is 0 Å². The van der Waals surface area contributed by atoms with Crippen molar-refractivity contribution in [2.45, 2.75) is 12.1 Å². The van der Waals surface area contributed by atoms with Gasteiger partial charge in [0.05, 0.1) is 5.56 Å². The van der Waals surface area contributed by atoms with Gasteiger partial charge in [-0.15, -0.1) is 0 Å². The van der Waals surface area contributed by atoms with Crippen LogP contribution in [-0.2, 0) is 6.18 Å². The van der Waals surface area contributed by atoms with Crippen LogP contribution in [-0.4, -0.2) is 0 Å². The van der Waals surface area contributed by atoms with Crippen molar-refractivity contribution < 1.29 is 13.2 Å². The van der Waals surface area contributed by atoms with Crippen LogP contribution in [0.25, 0.3) is 6.08 Å². The zero-order valence-corrected chi connectivity index (χ0v) is 9.98. The summed E-state index contributed by atoms with van der Waals surface area (Å²) in [6, 6.07) is 13.3. The first-order valence-electron chi connectivity index (χ1n) is 6.00. The third-order valence-electron chi connectivity index (χ3n) is 3.40. The molecule has 3 rings (SSSR count). The Hall–Kier alpha value is -2.03. The summed E-state index contributed by atoms with van der Waals surface area (Å²) in [5, 5.41) is 0. The lowest BCUT2D eigenvalue weighted by molar-refractivity contribution is -0.138. The van der Waals surface area contributed by atoms with Crippen molar-refractivity contribution in [2.24, 2.45) is 0 Å². The first kappa shape index (κ1) is 12.0. The van der Waals surface area contributed by atoms with E-state index in [4.69, 9.17) is 0 Å². The largest absolute Gasteiger partial charge is 0.416 e. The van der Waals surface area contributed by atoms with Gasteiger partial charge in [0.2, 0.25) is 0 Å². The van der Waals surface area contributed by atoms with Crippen LogP contribution in [0.15, 0.2) is 54.6 Å². The molecule has 0 amide bonds. The number of allylic oxidation sites excluding steroid dienone is 1. The maximum absolute atomic E-state index is 13.1. The minimum atomic E-state index is -4.32. The average molecular weight is 260 g/mol. The molecule has 0 saturated heterocycles. The van der Waals surface area contributed by atoms with Crippen molar-refractivity contribution in [1.82, 2.24) is 0 Å². The molecule has 0 bridgehead atoms. The van der Waals surface area contributed by atoms with Gasteiger partial charge < -0.3 is 0 Å². The van der Waals surface area contributed by atoms with Crippen molar-refractivity contribution in [3.05, 3.63) is 76.9 Å². The molecule has 96 valence electrons. The lowest BCUT2D eigenvalue weighted by atomic mass is 9.89. The second kappa shape index (κ2) is 4.26. The molecular formula is C16H11F3. The number of benzene rings is 2. The molecule has 0 heterocycles. The number of hydrogen-bond acceptors (Lipinski definition) is 0. The normalized spacial score (nSPS) is 17.5. The van der Waals surface area contributed by atoms with Gasteiger partial charge in [-0.05, 0) is 22.8 Å². The highest BCUT2D eigenvalue weighted by atomic mass is 19.4. The highest BCUT2D eigenvalue weighted by Crippen LogP contribution is 2.41. The molecule has 0 aromatic heterocycles. The quantitative estimate of drug-likeness (QED) is 0.686. The average Bonchev–Trinajstić information content (AvgIpc) is 2.81. The van der Waals surface area contributed by atoms with Crippen LogP contribution in [0.3, 0.4) is 0 Å². The van der Waals surface area contributed by atoms with E-state index >= 15 is 0 Å². The molecule has 1 unspecified atom stereocenters.